The summed E-state index contributed by atoms with van der Waals surface area (Å²) >= 11 is 0. The van der Waals surface area contributed by atoms with E-state index in [0.717, 1.165) is 25.8 Å². The van der Waals surface area contributed by atoms with Crippen LogP contribution in [0.3, 0.4) is 0 Å². The van der Waals surface area contributed by atoms with Crippen molar-refractivity contribution >= 4 is 5.97 Å². The summed E-state index contributed by atoms with van der Waals surface area (Å²) in [4.78, 5) is 11.5. The van der Waals surface area contributed by atoms with Crippen LogP contribution in [0.5, 0.6) is 0 Å². The highest BCUT2D eigenvalue weighted by molar-refractivity contribution is 5.73. The van der Waals surface area contributed by atoms with E-state index < -0.39 is 0 Å². The Morgan fingerprint density at radius 1 is 1.36 bits per heavy atom. The highest BCUT2D eigenvalue weighted by atomic mass is 16.5. The average molecular weight is 199 g/mol. The van der Waals surface area contributed by atoms with Crippen LogP contribution in [-0.4, -0.2) is 25.7 Å². The highest BCUT2D eigenvalue weighted by Gasteiger charge is 2.29. The Hall–Kier alpha value is -0.570. The summed E-state index contributed by atoms with van der Waals surface area (Å²) in [5, 5.41) is 3.39. The van der Waals surface area contributed by atoms with Crippen molar-refractivity contribution in [3.05, 3.63) is 0 Å². The molecule has 3 heteroatoms. The highest BCUT2D eigenvalue weighted by Crippen LogP contribution is 2.24. The second-order valence-electron chi connectivity index (χ2n) is 3.93. The van der Waals surface area contributed by atoms with Gasteiger partial charge >= 0.3 is 5.97 Å². The molecule has 0 saturated heterocycles. The molecular formula is C11H21NO2. The molecule has 0 aromatic rings. The Morgan fingerprint density at radius 3 is 2.71 bits per heavy atom. The SMILES string of the molecule is CCNC1CCCCCC1C(=O)OC. The van der Waals surface area contributed by atoms with Gasteiger partial charge in [0.2, 0.25) is 0 Å². The zero-order chi connectivity index (χ0) is 10.4. The van der Waals surface area contributed by atoms with Gasteiger partial charge in [-0.2, -0.15) is 0 Å². The van der Waals surface area contributed by atoms with Crippen LogP contribution in [0.25, 0.3) is 0 Å². The first kappa shape index (κ1) is 11.5. The van der Waals surface area contributed by atoms with Crippen molar-refractivity contribution in [3.8, 4) is 0 Å². The molecule has 0 amide bonds. The molecular weight excluding hydrogens is 178 g/mol. The molecule has 0 radical (unpaired) electrons. The maximum Gasteiger partial charge on any atom is 0.310 e. The van der Waals surface area contributed by atoms with E-state index in [1.54, 1.807) is 0 Å². The maximum atomic E-state index is 11.5. The molecule has 2 atom stereocenters. The fourth-order valence-corrected chi connectivity index (χ4v) is 2.25. The second-order valence-corrected chi connectivity index (χ2v) is 3.93. The van der Waals surface area contributed by atoms with Crippen LogP contribution in [0.2, 0.25) is 0 Å². The molecule has 1 rings (SSSR count). The minimum Gasteiger partial charge on any atom is -0.469 e. The maximum absolute atomic E-state index is 11.5. The molecule has 82 valence electrons. The molecule has 0 heterocycles. The van der Waals surface area contributed by atoms with Crippen molar-refractivity contribution in [1.82, 2.24) is 5.32 Å². The Balaban J connectivity index is 2.58. The number of hydrogen-bond acceptors (Lipinski definition) is 3. The van der Waals surface area contributed by atoms with Gasteiger partial charge in [0, 0.05) is 6.04 Å². The lowest BCUT2D eigenvalue weighted by molar-refractivity contribution is -0.146. The van der Waals surface area contributed by atoms with E-state index in [-0.39, 0.29) is 11.9 Å². The lowest BCUT2D eigenvalue weighted by Crippen LogP contribution is -2.39. The Labute approximate surface area is 86.2 Å². The third-order valence-electron chi connectivity index (χ3n) is 2.99. The molecule has 1 fully saturated rings. The number of esters is 1. The van der Waals surface area contributed by atoms with Crippen LogP contribution in [-0.2, 0) is 9.53 Å². The minimum atomic E-state index is -0.0437. The summed E-state index contributed by atoms with van der Waals surface area (Å²) in [6.07, 6.45) is 5.71. The summed E-state index contributed by atoms with van der Waals surface area (Å²) in [6, 6.07) is 0.329. The van der Waals surface area contributed by atoms with Gasteiger partial charge in [0.15, 0.2) is 0 Å². The predicted octanol–water partition coefficient (Wildman–Crippen LogP) is 1.72. The third kappa shape index (κ3) is 2.98. The van der Waals surface area contributed by atoms with Crippen LogP contribution >= 0.6 is 0 Å². The molecule has 1 N–H and O–H groups in total. The number of hydrogen-bond donors (Lipinski definition) is 1. The van der Waals surface area contributed by atoms with Gasteiger partial charge in [0.05, 0.1) is 13.0 Å². The van der Waals surface area contributed by atoms with Crippen molar-refractivity contribution in [2.45, 2.75) is 45.1 Å². The van der Waals surface area contributed by atoms with Gasteiger partial charge < -0.3 is 10.1 Å². The normalized spacial score (nSPS) is 28.1. The van der Waals surface area contributed by atoms with Gasteiger partial charge in [0.1, 0.15) is 0 Å². The van der Waals surface area contributed by atoms with E-state index in [0.29, 0.717) is 6.04 Å². The topological polar surface area (TPSA) is 38.3 Å². The Kier molecular flexibility index (Phi) is 4.94. The average Bonchev–Trinajstić information content (AvgIpc) is 2.43. The standard InChI is InChI=1S/C11H21NO2/c1-3-12-10-8-6-4-5-7-9(10)11(13)14-2/h9-10,12H,3-8H2,1-2H3. The van der Waals surface area contributed by atoms with Gasteiger partial charge in [-0.15, -0.1) is 0 Å². The monoisotopic (exact) mass is 199 g/mol. The Bertz CT molecular complexity index is 182. The first-order valence-electron chi connectivity index (χ1n) is 5.60. The van der Waals surface area contributed by atoms with Crippen LogP contribution in [0, 0.1) is 5.92 Å². The van der Waals surface area contributed by atoms with Gasteiger partial charge in [-0.25, -0.2) is 0 Å². The van der Waals surface area contributed by atoms with E-state index in [1.165, 1.54) is 20.0 Å². The van der Waals surface area contributed by atoms with Crippen molar-refractivity contribution in [2.75, 3.05) is 13.7 Å². The van der Waals surface area contributed by atoms with E-state index >= 15 is 0 Å². The smallest absolute Gasteiger partial charge is 0.310 e. The molecule has 0 aromatic heterocycles. The second kappa shape index (κ2) is 6.02. The fraction of sp³-hybridized carbons (Fsp3) is 0.909. The van der Waals surface area contributed by atoms with Crippen LogP contribution < -0.4 is 5.32 Å². The van der Waals surface area contributed by atoms with Gasteiger partial charge in [0.25, 0.3) is 0 Å². The van der Waals surface area contributed by atoms with E-state index in [1.807, 2.05) is 0 Å². The van der Waals surface area contributed by atoms with Crippen LogP contribution in [0.15, 0.2) is 0 Å². The van der Waals surface area contributed by atoms with Crippen molar-refractivity contribution in [1.29, 1.82) is 0 Å². The molecule has 0 aromatic carbocycles. The number of carbonyl (C=O) groups is 1. The molecule has 0 aliphatic heterocycles. The predicted molar refractivity (Wildman–Crippen MR) is 56.1 cm³/mol. The van der Waals surface area contributed by atoms with E-state index in [2.05, 4.69) is 12.2 Å². The molecule has 14 heavy (non-hydrogen) atoms. The van der Waals surface area contributed by atoms with Crippen molar-refractivity contribution in [3.63, 3.8) is 0 Å². The van der Waals surface area contributed by atoms with Crippen molar-refractivity contribution < 1.29 is 9.53 Å². The summed E-state index contributed by atoms with van der Waals surface area (Å²) < 4.78 is 4.84. The minimum absolute atomic E-state index is 0.0437. The molecule has 1 saturated carbocycles. The Morgan fingerprint density at radius 2 is 2.07 bits per heavy atom. The summed E-state index contributed by atoms with van der Waals surface area (Å²) in [5.74, 6) is 0.0281. The zero-order valence-electron chi connectivity index (χ0n) is 9.21. The zero-order valence-corrected chi connectivity index (χ0v) is 9.21. The van der Waals surface area contributed by atoms with Gasteiger partial charge in [-0.3, -0.25) is 4.79 Å². The number of carbonyl (C=O) groups excluding carboxylic acids is 1. The van der Waals surface area contributed by atoms with E-state index in [4.69, 9.17) is 4.74 Å². The number of methoxy groups -OCH3 is 1. The van der Waals surface area contributed by atoms with Crippen LogP contribution in [0.4, 0.5) is 0 Å². The third-order valence-corrected chi connectivity index (χ3v) is 2.99. The summed E-state index contributed by atoms with van der Waals surface area (Å²) in [7, 11) is 1.48. The molecule has 0 bridgehead atoms. The largest absolute Gasteiger partial charge is 0.469 e. The van der Waals surface area contributed by atoms with E-state index in [9.17, 15) is 4.79 Å². The fourth-order valence-electron chi connectivity index (χ4n) is 2.25. The molecule has 2 unspecified atom stereocenters. The number of rotatable bonds is 3. The molecule has 0 spiro atoms. The lowest BCUT2D eigenvalue weighted by atomic mass is 9.95. The number of nitrogens with one attached hydrogen (secondary N) is 1. The van der Waals surface area contributed by atoms with Gasteiger partial charge in [-0.1, -0.05) is 26.2 Å². The summed E-state index contributed by atoms with van der Waals surface area (Å²) in [5.41, 5.74) is 0. The first-order chi connectivity index (χ1) is 6.79. The number of ether oxygens (including phenoxy) is 1. The van der Waals surface area contributed by atoms with Gasteiger partial charge in [-0.05, 0) is 19.4 Å². The van der Waals surface area contributed by atoms with Crippen molar-refractivity contribution in [2.24, 2.45) is 5.92 Å². The lowest BCUT2D eigenvalue weighted by Gasteiger charge is -2.23. The quantitative estimate of drug-likeness (QED) is 0.555. The molecule has 1 aliphatic carbocycles. The molecule has 1 aliphatic rings. The first-order valence-corrected chi connectivity index (χ1v) is 5.60. The summed E-state index contributed by atoms with van der Waals surface area (Å²) in [6.45, 7) is 3.01. The molecule has 3 nitrogen and oxygen atoms in total. The van der Waals surface area contributed by atoms with Crippen LogP contribution in [0.1, 0.15) is 39.0 Å².